The molecule has 0 atom stereocenters. The topological polar surface area (TPSA) is 126 Å². The molecule has 29 heavy (non-hydrogen) atoms. The van der Waals surface area contributed by atoms with Gasteiger partial charge in [-0.15, -0.1) is 10.2 Å². The number of hydrogen-bond acceptors (Lipinski definition) is 8. The van der Waals surface area contributed by atoms with E-state index in [0.717, 1.165) is 6.26 Å². The van der Waals surface area contributed by atoms with E-state index in [4.69, 9.17) is 0 Å². The maximum absolute atomic E-state index is 13.1. The van der Waals surface area contributed by atoms with Crippen molar-refractivity contribution in [2.24, 2.45) is 20.7 Å². The molecule has 9 nitrogen and oxygen atoms in total. The molecule has 4 rings (SSSR count). The molecule has 1 aliphatic rings. The number of benzene rings is 2. The number of carbonyl (C=O) groups is 1. The van der Waals surface area contributed by atoms with Crippen LogP contribution in [0.15, 0.2) is 80.3 Å². The molecule has 0 saturated carbocycles. The predicted octanol–water partition coefficient (Wildman–Crippen LogP) is 3.54. The van der Waals surface area contributed by atoms with Gasteiger partial charge in [-0.2, -0.15) is 0 Å². The molecule has 1 aliphatic heterocycles. The van der Waals surface area contributed by atoms with Gasteiger partial charge >= 0.3 is 0 Å². The van der Waals surface area contributed by atoms with Gasteiger partial charge in [-0.3, -0.25) is 9.78 Å². The summed E-state index contributed by atoms with van der Waals surface area (Å²) in [5.74, 6) is -2.04. The van der Waals surface area contributed by atoms with Crippen LogP contribution in [0.3, 0.4) is 0 Å². The molecular formula is C19H16N6O3S. The molecule has 146 valence electrons. The van der Waals surface area contributed by atoms with Gasteiger partial charge < -0.3 is 5.32 Å². The lowest BCUT2D eigenvalue weighted by atomic mass is 9.98. The normalized spacial score (nSPS) is 15.0. The summed E-state index contributed by atoms with van der Waals surface area (Å²) in [7, 11) is -3.81. The summed E-state index contributed by atoms with van der Waals surface area (Å²) >= 11 is 0. The highest BCUT2D eigenvalue weighted by molar-refractivity contribution is 7.91. The highest BCUT2D eigenvalue weighted by Crippen LogP contribution is 2.36. The van der Waals surface area contributed by atoms with Gasteiger partial charge in [0.15, 0.2) is 9.84 Å². The van der Waals surface area contributed by atoms with Crippen LogP contribution in [0.2, 0.25) is 0 Å². The first-order chi connectivity index (χ1) is 13.8. The van der Waals surface area contributed by atoms with Gasteiger partial charge in [0.25, 0.3) is 11.7 Å². The second-order valence-corrected chi connectivity index (χ2v) is 8.65. The zero-order valence-corrected chi connectivity index (χ0v) is 16.4. The van der Waals surface area contributed by atoms with Crippen molar-refractivity contribution < 1.29 is 13.2 Å². The van der Waals surface area contributed by atoms with Gasteiger partial charge in [-0.05, 0) is 28.1 Å². The fourth-order valence-corrected chi connectivity index (χ4v) is 4.34. The van der Waals surface area contributed by atoms with E-state index in [2.05, 4.69) is 31.0 Å². The maximum Gasteiger partial charge on any atom is 0.266 e. The molecule has 2 heterocycles. The van der Waals surface area contributed by atoms with Crippen molar-refractivity contribution >= 4 is 26.6 Å². The van der Waals surface area contributed by atoms with Gasteiger partial charge in [-0.25, -0.2) is 8.42 Å². The van der Waals surface area contributed by atoms with Crippen LogP contribution in [-0.4, -0.2) is 31.4 Å². The predicted molar refractivity (Wildman–Crippen MR) is 106 cm³/mol. The van der Waals surface area contributed by atoms with E-state index in [0.29, 0.717) is 22.0 Å². The van der Waals surface area contributed by atoms with E-state index in [1.807, 2.05) is 6.07 Å². The summed E-state index contributed by atoms with van der Waals surface area (Å²) < 4.78 is 25.6. The number of amides is 1. The number of hydrogen-bond donors (Lipinski definition) is 1. The Morgan fingerprint density at radius 2 is 1.72 bits per heavy atom. The lowest BCUT2D eigenvalue weighted by molar-refractivity contribution is 0.0908. The molecule has 0 spiro atoms. The Balaban J connectivity index is 2.03. The smallest absolute Gasteiger partial charge is 0.266 e. The van der Waals surface area contributed by atoms with Crippen molar-refractivity contribution in [3.8, 4) is 11.1 Å². The van der Waals surface area contributed by atoms with E-state index in [9.17, 15) is 13.2 Å². The molecule has 0 unspecified atom stereocenters. The molecular weight excluding hydrogens is 392 g/mol. The summed E-state index contributed by atoms with van der Waals surface area (Å²) in [5.41, 5.74) is 1.47. The standard InChI is InChI=1S/C19H16N6O3S/c1-19(22-24-25-23-19)21-18(26)14-11-13-9-6-10-20-16(13)15(17(14)29(2,27)28)12-7-4-3-5-8-12/h3-11H,1-2H3,(H,21,26). The van der Waals surface area contributed by atoms with Crippen molar-refractivity contribution in [1.29, 1.82) is 0 Å². The van der Waals surface area contributed by atoms with Crippen LogP contribution in [0.25, 0.3) is 22.0 Å². The first-order valence-corrected chi connectivity index (χ1v) is 10.5. The largest absolute Gasteiger partial charge is 0.307 e. The number of carbonyl (C=O) groups excluding carboxylic acids is 1. The molecule has 0 saturated heterocycles. The Morgan fingerprint density at radius 1 is 1.03 bits per heavy atom. The van der Waals surface area contributed by atoms with Crippen LogP contribution >= 0.6 is 0 Å². The molecule has 0 bridgehead atoms. The zero-order chi connectivity index (χ0) is 20.6. The van der Waals surface area contributed by atoms with Gasteiger partial charge in [0, 0.05) is 30.3 Å². The number of nitrogens with one attached hydrogen (secondary N) is 1. The fraction of sp³-hybridized carbons (Fsp3) is 0.158. The minimum Gasteiger partial charge on any atom is -0.307 e. The molecule has 1 aromatic heterocycles. The lowest BCUT2D eigenvalue weighted by Gasteiger charge is -2.19. The van der Waals surface area contributed by atoms with Crippen molar-refractivity contribution in [2.45, 2.75) is 17.6 Å². The number of nitrogens with zero attached hydrogens (tertiary/aromatic N) is 5. The molecule has 3 aromatic rings. The van der Waals surface area contributed by atoms with Crippen LogP contribution in [0.5, 0.6) is 0 Å². The second kappa shape index (κ2) is 6.82. The quantitative estimate of drug-likeness (QED) is 0.708. The summed E-state index contributed by atoms with van der Waals surface area (Å²) in [4.78, 5) is 17.4. The third-order valence-electron chi connectivity index (χ3n) is 4.39. The van der Waals surface area contributed by atoms with Gasteiger partial charge in [0.2, 0.25) is 0 Å². The molecule has 0 fully saturated rings. The lowest BCUT2D eigenvalue weighted by Crippen LogP contribution is -2.42. The Labute approximate surface area is 166 Å². The van der Waals surface area contributed by atoms with Crippen molar-refractivity contribution in [3.63, 3.8) is 0 Å². The Kier molecular flexibility index (Phi) is 4.42. The summed E-state index contributed by atoms with van der Waals surface area (Å²) in [5, 5.41) is 17.6. The van der Waals surface area contributed by atoms with Crippen LogP contribution < -0.4 is 5.32 Å². The Bertz CT molecular complexity index is 1270. The van der Waals surface area contributed by atoms with E-state index >= 15 is 0 Å². The van der Waals surface area contributed by atoms with E-state index in [-0.39, 0.29) is 10.5 Å². The van der Waals surface area contributed by atoms with Gasteiger partial charge in [0.05, 0.1) is 16.0 Å². The number of rotatable bonds is 4. The average Bonchev–Trinajstić information content (AvgIpc) is 3.12. The molecule has 2 aromatic carbocycles. The van der Waals surface area contributed by atoms with Gasteiger partial charge in [-0.1, -0.05) is 36.4 Å². The van der Waals surface area contributed by atoms with E-state index < -0.39 is 21.5 Å². The number of aromatic nitrogens is 1. The SMILES string of the molecule is CC1(NC(=O)c2cc3cccnc3c(-c3ccccc3)c2S(C)(=O)=O)N=NN=N1. The van der Waals surface area contributed by atoms with E-state index in [1.54, 1.807) is 42.6 Å². The summed E-state index contributed by atoms with van der Waals surface area (Å²) in [6, 6.07) is 14.0. The van der Waals surface area contributed by atoms with Crippen LogP contribution in [0.1, 0.15) is 17.3 Å². The number of pyridine rings is 1. The van der Waals surface area contributed by atoms with E-state index in [1.165, 1.54) is 13.0 Å². The van der Waals surface area contributed by atoms with Crippen LogP contribution in [0, 0.1) is 0 Å². The molecule has 0 aliphatic carbocycles. The summed E-state index contributed by atoms with van der Waals surface area (Å²) in [6.45, 7) is 1.51. The third kappa shape index (κ3) is 3.49. The fourth-order valence-electron chi connectivity index (χ4n) is 3.20. The monoisotopic (exact) mass is 408 g/mol. The number of sulfone groups is 1. The molecule has 0 radical (unpaired) electrons. The van der Waals surface area contributed by atoms with Gasteiger partial charge in [0.1, 0.15) is 0 Å². The highest BCUT2D eigenvalue weighted by Gasteiger charge is 2.33. The highest BCUT2D eigenvalue weighted by atomic mass is 32.2. The Hall–Kier alpha value is -3.53. The zero-order valence-electron chi connectivity index (χ0n) is 15.6. The van der Waals surface area contributed by atoms with Crippen LogP contribution in [0.4, 0.5) is 0 Å². The number of fused-ring (bicyclic) bond motifs is 1. The molecule has 1 amide bonds. The van der Waals surface area contributed by atoms with Crippen molar-refractivity contribution in [2.75, 3.05) is 6.26 Å². The van der Waals surface area contributed by atoms with Crippen LogP contribution in [-0.2, 0) is 9.84 Å². The third-order valence-corrected chi connectivity index (χ3v) is 5.56. The molecule has 1 N–H and O–H groups in total. The molecule has 10 heteroatoms. The first kappa shape index (κ1) is 18.8. The Morgan fingerprint density at radius 3 is 2.38 bits per heavy atom. The van der Waals surface area contributed by atoms with Crippen molar-refractivity contribution in [3.05, 3.63) is 60.3 Å². The average molecular weight is 408 g/mol. The minimum absolute atomic E-state index is 0.0228. The summed E-state index contributed by atoms with van der Waals surface area (Å²) in [6.07, 6.45) is 2.65. The maximum atomic E-state index is 13.1. The second-order valence-electron chi connectivity index (χ2n) is 6.70. The minimum atomic E-state index is -3.81. The first-order valence-electron chi connectivity index (χ1n) is 8.62. The van der Waals surface area contributed by atoms with Crippen molar-refractivity contribution in [1.82, 2.24) is 10.3 Å².